The van der Waals surface area contributed by atoms with E-state index in [0.29, 0.717) is 5.46 Å². The summed E-state index contributed by atoms with van der Waals surface area (Å²) in [6.45, 7) is 0. The summed E-state index contributed by atoms with van der Waals surface area (Å²) in [5.74, 6) is -0.333. The molecule has 0 amide bonds. The topological polar surface area (TPSA) is 66.8 Å². The monoisotopic (exact) mass is 200 g/mol. The van der Waals surface area contributed by atoms with E-state index >= 15 is 0 Å². The van der Waals surface area contributed by atoms with Gasteiger partial charge in [0.1, 0.15) is 0 Å². The highest BCUT2D eigenvalue weighted by Crippen LogP contribution is 2.08. The molecular formula is C7H9BO4S. The molecule has 2 N–H and O–H groups in total. The van der Waals surface area contributed by atoms with Gasteiger partial charge in [-0.2, -0.15) is 0 Å². The summed E-state index contributed by atoms with van der Waals surface area (Å²) in [6.07, 6.45) is 0.174. The lowest BCUT2D eigenvalue weighted by Crippen LogP contribution is -2.28. The molecule has 0 bridgehead atoms. The van der Waals surface area contributed by atoms with Crippen LogP contribution in [0.1, 0.15) is 4.88 Å². The van der Waals surface area contributed by atoms with Crippen LogP contribution in [0, 0.1) is 0 Å². The first-order chi connectivity index (χ1) is 6.13. The predicted molar refractivity (Wildman–Crippen MR) is 49.9 cm³/mol. The van der Waals surface area contributed by atoms with Gasteiger partial charge in [0.05, 0.1) is 13.5 Å². The number of esters is 1. The zero-order chi connectivity index (χ0) is 9.84. The molecule has 6 heteroatoms. The molecule has 0 saturated heterocycles. The van der Waals surface area contributed by atoms with Crippen molar-refractivity contribution < 1.29 is 19.6 Å². The van der Waals surface area contributed by atoms with E-state index in [4.69, 9.17) is 10.0 Å². The van der Waals surface area contributed by atoms with Gasteiger partial charge < -0.3 is 14.8 Å². The Morgan fingerprint density at radius 1 is 1.69 bits per heavy atom. The van der Waals surface area contributed by atoms with E-state index in [1.54, 1.807) is 11.4 Å². The quantitative estimate of drug-likeness (QED) is 0.492. The molecule has 13 heavy (non-hydrogen) atoms. The van der Waals surface area contributed by atoms with Crippen LogP contribution < -0.4 is 5.46 Å². The van der Waals surface area contributed by atoms with Gasteiger partial charge in [0.15, 0.2) is 0 Å². The Kier molecular flexibility index (Phi) is 3.47. The van der Waals surface area contributed by atoms with Gasteiger partial charge in [-0.15, -0.1) is 11.3 Å². The van der Waals surface area contributed by atoms with E-state index in [-0.39, 0.29) is 12.4 Å². The summed E-state index contributed by atoms with van der Waals surface area (Å²) < 4.78 is 4.47. The lowest BCUT2D eigenvalue weighted by molar-refractivity contribution is -0.139. The third-order valence-corrected chi connectivity index (χ3v) is 2.47. The molecule has 1 rings (SSSR count). The van der Waals surface area contributed by atoms with Crippen LogP contribution in [0.2, 0.25) is 0 Å². The Morgan fingerprint density at radius 2 is 2.38 bits per heavy atom. The number of carbonyl (C=O) groups excluding carboxylic acids is 1. The molecule has 0 aromatic carbocycles. The third-order valence-electron chi connectivity index (χ3n) is 1.52. The Balaban J connectivity index is 2.64. The smallest absolute Gasteiger partial charge is 0.469 e. The molecule has 1 heterocycles. The van der Waals surface area contributed by atoms with Gasteiger partial charge in [0, 0.05) is 4.88 Å². The van der Waals surface area contributed by atoms with E-state index < -0.39 is 7.12 Å². The fourth-order valence-corrected chi connectivity index (χ4v) is 1.72. The van der Waals surface area contributed by atoms with Crippen molar-refractivity contribution in [1.82, 2.24) is 0 Å². The second-order valence-electron chi connectivity index (χ2n) is 2.47. The van der Waals surface area contributed by atoms with Gasteiger partial charge >= 0.3 is 13.1 Å². The highest BCUT2D eigenvalue weighted by atomic mass is 32.1. The highest BCUT2D eigenvalue weighted by molar-refractivity contribution is 7.11. The average molecular weight is 200 g/mol. The molecule has 4 nitrogen and oxygen atoms in total. The summed E-state index contributed by atoms with van der Waals surface area (Å²) in [7, 11) is -0.153. The number of methoxy groups -OCH3 is 1. The molecule has 1 aromatic heterocycles. The molecule has 0 atom stereocenters. The Hall–Kier alpha value is -0.845. The number of ether oxygens (including phenoxy) is 1. The largest absolute Gasteiger partial charge is 0.489 e. The maximum atomic E-state index is 10.8. The van der Waals surface area contributed by atoms with Gasteiger partial charge in [-0.05, 0) is 16.9 Å². The van der Waals surface area contributed by atoms with Crippen LogP contribution >= 0.6 is 11.3 Å². The maximum Gasteiger partial charge on any atom is 0.489 e. The maximum absolute atomic E-state index is 10.8. The van der Waals surface area contributed by atoms with Gasteiger partial charge in [0.2, 0.25) is 0 Å². The van der Waals surface area contributed by atoms with E-state index in [1.165, 1.54) is 18.4 Å². The molecule has 70 valence electrons. The third kappa shape index (κ3) is 2.84. The zero-order valence-electron chi connectivity index (χ0n) is 7.06. The Morgan fingerprint density at radius 3 is 2.85 bits per heavy atom. The second kappa shape index (κ2) is 4.41. The average Bonchev–Trinajstić information content (AvgIpc) is 2.52. The standard InChI is InChI=1S/C7H9BO4S/c1-12-7(9)3-6-2-5(4-13-6)8(10)11/h2,4,10-11H,3H2,1H3. The first kappa shape index (κ1) is 10.2. The van der Waals surface area contributed by atoms with Gasteiger partial charge in [-0.3, -0.25) is 4.79 Å². The number of thiophene rings is 1. The first-order valence-corrected chi connectivity index (χ1v) is 4.51. The van der Waals surface area contributed by atoms with Crippen LogP contribution in [0.3, 0.4) is 0 Å². The van der Waals surface area contributed by atoms with E-state index in [9.17, 15) is 4.79 Å². The lowest BCUT2D eigenvalue weighted by Gasteiger charge is -1.94. The minimum absolute atomic E-state index is 0.174. The van der Waals surface area contributed by atoms with Crippen LogP contribution in [-0.2, 0) is 16.0 Å². The zero-order valence-corrected chi connectivity index (χ0v) is 7.87. The fraction of sp³-hybridized carbons (Fsp3) is 0.286. The van der Waals surface area contributed by atoms with Crippen molar-refractivity contribution in [2.24, 2.45) is 0 Å². The van der Waals surface area contributed by atoms with Crippen LogP contribution in [-0.4, -0.2) is 30.2 Å². The van der Waals surface area contributed by atoms with Crippen molar-refractivity contribution in [3.05, 3.63) is 16.3 Å². The van der Waals surface area contributed by atoms with Crippen LogP contribution in [0.25, 0.3) is 0 Å². The van der Waals surface area contributed by atoms with Crippen LogP contribution in [0.4, 0.5) is 0 Å². The van der Waals surface area contributed by atoms with Crippen molar-refractivity contribution in [3.63, 3.8) is 0 Å². The van der Waals surface area contributed by atoms with Crippen molar-refractivity contribution in [2.45, 2.75) is 6.42 Å². The molecule has 0 unspecified atom stereocenters. The molecule has 1 aromatic rings. The lowest BCUT2D eigenvalue weighted by atomic mass is 9.82. The molecule has 0 fully saturated rings. The molecule has 0 aliphatic heterocycles. The van der Waals surface area contributed by atoms with Crippen molar-refractivity contribution in [3.8, 4) is 0 Å². The van der Waals surface area contributed by atoms with Gasteiger partial charge in [-0.25, -0.2) is 0 Å². The Bertz CT molecular complexity index is 296. The molecule has 0 spiro atoms. The van der Waals surface area contributed by atoms with E-state index in [0.717, 1.165) is 4.88 Å². The normalized spacial score (nSPS) is 9.77. The summed E-state index contributed by atoms with van der Waals surface area (Å²) in [4.78, 5) is 11.6. The number of carbonyl (C=O) groups is 1. The molecule has 0 aliphatic rings. The van der Waals surface area contributed by atoms with E-state index in [1.807, 2.05) is 0 Å². The number of rotatable bonds is 3. The second-order valence-corrected chi connectivity index (χ2v) is 3.47. The molecule has 0 saturated carbocycles. The molecule has 0 aliphatic carbocycles. The Labute approximate surface area is 79.9 Å². The fourth-order valence-electron chi connectivity index (χ4n) is 0.840. The summed E-state index contributed by atoms with van der Waals surface area (Å²) in [6, 6.07) is 1.58. The highest BCUT2D eigenvalue weighted by Gasteiger charge is 2.14. The predicted octanol–water partition coefficient (Wildman–Crippen LogP) is -0.857. The van der Waals surface area contributed by atoms with Crippen LogP contribution in [0.5, 0.6) is 0 Å². The SMILES string of the molecule is COC(=O)Cc1cc(B(O)O)cs1. The molecule has 0 radical (unpaired) electrons. The number of hydrogen-bond acceptors (Lipinski definition) is 5. The van der Waals surface area contributed by atoms with Crippen LogP contribution in [0.15, 0.2) is 11.4 Å². The van der Waals surface area contributed by atoms with Crippen molar-refractivity contribution in [1.29, 1.82) is 0 Å². The van der Waals surface area contributed by atoms with Crippen molar-refractivity contribution in [2.75, 3.05) is 7.11 Å². The van der Waals surface area contributed by atoms with E-state index in [2.05, 4.69) is 4.74 Å². The van der Waals surface area contributed by atoms with Gasteiger partial charge in [-0.1, -0.05) is 0 Å². The first-order valence-electron chi connectivity index (χ1n) is 3.63. The minimum Gasteiger partial charge on any atom is -0.469 e. The summed E-state index contributed by atoms with van der Waals surface area (Å²) >= 11 is 1.30. The summed E-state index contributed by atoms with van der Waals surface area (Å²) in [5.41, 5.74) is 0.406. The van der Waals surface area contributed by atoms with Crippen molar-refractivity contribution >= 4 is 29.9 Å². The van der Waals surface area contributed by atoms with Gasteiger partial charge in [0.25, 0.3) is 0 Å². The molecular weight excluding hydrogens is 191 g/mol. The summed E-state index contributed by atoms with van der Waals surface area (Å²) in [5, 5.41) is 19.1. The minimum atomic E-state index is -1.47. The number of hydrogen-bond donors (Lipinski definition) is 2.